The zero-order valence-electron chi connectivity index (χ0n) is 12.5. The summed E-state index contributed by atoms with van der Waals surface area (Å²) in [5.74, 6) is 0. The van der Waals surface area contributed by atoms with Gasteiger partial charge in [0.1, 0.15) is 4.90 Å². The molecule has 0 amide bonds. The van der Waals surface area contributed by atoms with Crippen LogP contribution in [0, 0.1) is 0 Å². The molecule has 0 aliphatic carbocycles. The molecule has 5 nitrogen and oxygen atoms in total. The van der Waals surface area contributed by atoms with Gasteiger partial charge < -0.3 is 4.90 Å². The monoisotopic (exact) mass is 299 g/mol. The molecule has 1 rings (SSSR count). The fraction of sp³-hybridized carbons (Fsp3) is 0.643. The molecule has 0 saturated heterocycles. The molecule has 1 aromatic rings. The van der Waals surface area contributed by atoms with E-state index in [9.17, 15) is 8.42 Å². The highest BCUT2D eigenvalue weighted by molar-refractivity contribution is 7.89. The molecule has 1 N–H and O–H groups in total. The van der Waals surface area contributed by atoms with Gasteiger partial charge in [-0.2, -0.15) is 0 Å². The number of nitrogens with one attached hydrogen (secondary N) is 1. The van der Waals surface area contributed by atoms with E-state index >= 15 is 0 Å². The van der Waals surface area contributed by atoms with Gasteiger partial charge in [0, 0.05) is 18.4 Å². The van der Waals surface area contributed by atoms with Gasteiger partial charge in [0.2, 0.25) is 10.0 Å². The number of nitrogens with zero attached hydrogens (tertiary/aromatic N) is 2. The largest absolute Gasteiger partial charge is 0.304 e. The Morgan fingerprint density at radius 1 is 1.35 bits per heavy atom. The number of aromatic nitrogens is 1. The summed E-state index contributed by atoms with van der Waals surface area (Å²) in [4.78, 5) is 6.39. The lowest BCUT2D eigenvalue weighted by Crippen LogP contribution is -2.33. The summed E-state index contributed by atoms with van der Waals surface area (Å²) in [6.07, 6.45) is 4.74. The summed E-state index contributed by atoms with van der Waals surface area (Å²) >= 11 is 0. The molecule has 20 heavy (non-hydrogen) atoms. The Balaban J connectivity index is 2.44. The maximum atomic E-state index is 12.1. The van der Waals surface area contributed by atoms with Gasteiger partial charge in [-0.1, -0.05) is 13.8 Å². The van der Waals surface area contributed by atoms with Crippen LogP contribution in [0.3, 0.4) is 0 Å². The van der Waals surface area contributed by atoms with Gasteiger partial charge in [0.25, 0.3) is 0 Å². The third kappa shape index (κ3) is 5.56. The van der Waals surface area contributed by atoms with E-state index in [1.165, 1.54) is 6.20 Å². The number of pyridine rings is 1. The van der Waals surface area contributed by atoms with E-state index in [-0.39, 0.29) is 10.9 Å². The summed E-state index contributed by atoms with van der Waals surface area (Å²) in [7, 11) is -3.45. The Morgan fingerprint density at radius 2 is 2.05 bits per heavy atom. The quantitative estimate of drug-likeness (QED) is 0.756. The van der Waals surface area contributed by atoms with Crippen LogP contribution >= 0.6 is 0 Å². The third-order valence-electron chi connectivity index (χ3n) is 3.31. The van der Waals surface area contributed by atoms with Gasteiger partial charge in [-0.15, -0.1) is 0 Å². The highest BCUT2D eigenvalue weighted by Gasteiger charge is 2.17. The average molecular weight is 299 g/mol. The Labute approximate surface area is 122 Å². The molecule has 0 fully saturated rings. The van der Waals surface area contributed by atoms with Crippen molar-refractivity contribution in [3.63, 3.8) is 0 Å². The lowest BCUT2D eigenvalue weighted by atomic mass is 10.2. The van der Waals surface area contributed by atoms with Crippen molar-refractivity contribution in [2.24, 2.45) is 0 Å². The fourth-order valence-corrected chi connectivity index (χ4v) is 3.30. The molecule has 0 spiro atoms. The molecular weight excluding hydrogens is 274 g/mol. The van der Waals surface area contributed by atoms with E-state index in [2.05, 4.69) is 28.5 Å². The Hall–Kier alpha value is -0.980. The van der Waals surface area contributed by atoms with Crippen LogP contribution in [0.25, 0.3) is 0 Å². The number of rotatable bonds is 9. The predicted octanol–water partition coefficient (Wildman–Crippen LogP) is 1.87. The van der Waals surface area contributed by atoms with E-state index in [0.717, 1.165) is 32.5 Å². The van der Waals surface area contributed by atoms with Gasteiger partial charge in [0.15, 0.2) is 0 Å². The van der Waals surface area contributed by atoms with Crippen molar-refractivity contribution in [3.8, 4) is 0 Å². The van der Waals surface area contributed by atoms with Crippen LogP contribution in [0.1, 0.15) is 33.6 Å². The summed E-state index contributed by atoms with van der Waals surface area (Å²) < 4.78 is 26.9. The molecule has 0 saturated carbocycles. The normalized spacial score (nSPS) is 13.6. The van der Waals surface area contributed by atoms with Crippen molar-refractivity contribution in [2.75, 3.05) is 19.6 Å². The molecule has 0 aliphatic heterocycles. The van der Waals surface area contributed by atoms with Crippen LogP contribution < -0.4 is 4.72 Å². The number of sulfonamides is 1. The highest BCUT2D eigenvalue weighted by atomic mass is 32.2. The second-order valence-corrected chi connectivity index (χ2v) is 6.59. The van der Waals surface area contributed by atoms with E-state index in [4.69, 9.17) is 0 Å². The molecular formula is C14H25N3O2S. The van der Waals surface area contributed by atoms with Crippen LogP contribution in [0.5, 0.6) is 0 Å². The Kier molecular flexibility index (Phi) is 7.12. The van der Waals surface area contributed by atoms with Gasteiger partial charge in [-0.05, 0) is 51.5 Å². The van der Waals surface area contributed by atoms with Crippen molar-refractivity contribution >= 4 is 10.0 Å². The van der Waals surface area contributed by atoms with Crippen LogP contribution in [0.2, 0.25) is 0 Å². The second-order valence-electron chi connectivity index (χ2n) is 4.88. The molecule has 0 aliphatic rings. The van der Waals surface area contributed by atoms with Crippen molar-refractivity contribution in [2.45, 2.75) is 44.6 Å². The van der Waals surface area contributed by atoms with Crippen molar-refractivity contribution in [3.05, 3.63) is 24.5 Å². The fourth-order valence-electron chi connectivity index (χ4n) is 2.06. The molecule has 1 unspecified atom stereocenters. The van der Waals surface area contributed by atoms with Gasteiger partial charge in [0.05, 0.1) is 0 Å². The van der Waals surface area contributed by atoms with Crippen LogP contribution in [0.4, 0.5) is 0 Å². The first-order valence-electron chi connectivity index (χ1n) is 7.14. The SMILES string of the molecule is CCN(CC)CCCC(C)NS(=O)(=O)c1cccnc1. The predicted molar refractivity (Wildman–Crippen MR) is 81.0 cm³/mol. The summed E-state index contributed by atoms with van der Waals surface area (Å²) in [5.41, 5.74) is 0. The van der Waals surface area contributed by atoms with Crippen molar-refractivity contribution < 1.29 is 8.42 Å². The summed E-state index contributed by atoms with van der Waals surface area (Å²) in [6.45, 7) is 9.25. The van der Waals surface area contributed by atoms with Crippen LogP contribution in [-0.4, -0.2) is 44.0 Å². The van der Waals surface area contributed by atoms with Crippen molar-refractivity contribution in [1.29, 1.82) is 0 Å². The first-order chi connectivity index (χ1) is 9.49. The molecule has 114 valence electrons. The average Bonchev–Trinajstić information content (AvgIpc) is 2.44. The summed E-state index contributed by atoms with van der Waals surface area (Å²) in [5, 5.41) is 0. The smallest absolute Gasteiger partial charge is 0.242 e. The van der Waals surface area contributed by atoms with Gasteiger partial charge in [-0.3, -0.25) is 4.98 Å². The molecule has 0 aromatic carbocycles. The molecule has 1 heterocycles. The third-order valence-corrected chi connectivity index (χ3v) is 4.88. The maximum Gasteiger partial charge on any atom is 0.242 e. The van der Waals surface area contributed by atoms with Crippen molar-refractivity contribution in [1.82, 2.24) is 14.6 Å². The van der Waals surface area contributed by atoms with E-state index in [0.29, 0.717) is 0 Å². The molecule has 0 radical (unpaired) electrons. The first kappa shape index (κ1) is 17.1. The second kappa shape index (κ2) is 8.34. The molecule has 0 bridgehead atoms. The Bertz CT molecular complexity index is 472. The topological polar surface area (TPSA) is 62.3 Å². The molecule has 1 atom stereocenters. The zero-order chi connectivity index (χ0) is 15.0. The van der Waals surface area contributed by atoms with E-state index < -0.39 is 10.0 Å². The summed E-state index contributed by atoms with van der Waals surface area (Å²) in [6, 6.07) is 3.10. The highest BCUT2D eigenvalue weighted by Crippen LogP contribution is 2.08. The number of hydrogen-bond donors (Lipinski definition) is 1. The number of hydrogen-bond acceptors (Lipinski definition) is 4. The maximum absolute atomic E-state index is 12.1. The lowest BCUT2D eigenvalue weighted by Gasteiger charge is -2.19. The molecule has 1 aromatic heterocycles. The minimum atomic E-state index is -3.45. The molecule has 6 heteroatoms. The first-order valence-corrected chi connectivity index (χ1v) is 8.62. The van der Waals surface area contributed by atoms with Gasteiger partial charge in [-0.25, -0.2) is 13.1 Å². The van der Waals surface area contributed by atoms with E-state index in [1.54, 1.807) is 18.3 Å². The minimum absolute atomic E-state index is 0.0734. The van der Waals surface area contributed by atoms with Gasteiger partial charge >= 0.3 is 0 Å². The lowest BCUT2D eigenvalue weighted by molar-refractivity contribution is 0.293. The van der Waals surface area contributed by atoms with Crippen LogP contribution in [0.15, 0.2) is 29.4 Å². The minimum Gasteiger partial charge on any atom is -0.304 e. The van der Waals surface area contributed by atoms with E-state index in [1.807, 2.05) is 6.92 Å². The van der Waals surface area contributed by atoms with Crippen LogP contribution in [-0.2, 0) is 10.0 Å². The Morgan fingerprint density at radius 3 is 2.60 bits per heavy atom. The standard InChI is InChI=1S/C14H25N3O2S/c1-4-17(5-2)11-7-8-13(3)16-20(18,19)14-9-6-10-15-12-14/h6,9-10,12-13,16H,4-5,7-8,11H2,1-3H3. The zero-order valence-corrected chi connectivity index (χ0v) is 13.4.